The standard InChI is InChI=1S/C17H17ClFNO2/c1-2-9-22-14-6-3-12(4-7-14)11-20-17(21)15-8-5-13(19)10-16(15)18/h3-8,10H,2,9,11H2,1H3,(H,20,21). The molecule has 1 N–H and O–H groups in total. The number of benzene rings is 2. The quantitative estimate of drug-likeness (QED) is 0.866. The highest BCUT2D eigenvalue weighted by molar-refractivity contribution is 6.33. The van der Waals surface area contributed by atoms with Gasteiger partial charge in [-0.25, -0.2) is 4.39 Å². The van der Waals surface area contributed by atoms with Crippen molar-refractivity contribution in [2.24, 2.45) is 0 Å². The molecular weight excluding hydrogens is 305 g/mol. The summed E-state index contributed by atoms with van der Waals surface area (Å²) >= 11 is 5.86. The first-order chi connectivity index (χ1) is 10.6. The van der Waals surface area contributed by atoms with E-state index < -0.39 is 5.82 Å². The Morgan fingerprint density at radius 2 is 1.95 bits per heavy atom. The summed E-state index contributed by atoms with van der Waals surface area (Å²) in [6, 6.07) is 11.2. The van der Waals surface area contributed by atoms with E-state index in [1.807, 2.05) is 31.2 Å². The van der Waals surface area contributed by atoms with Crippen LogP contribution in [0, 0.1) is 5.82 Å². The lowest BCUT2D eigenvalue weighted by molar-refractivity contribution is 0.0951. The van der Waals surface area contributed by atoms with E-state index in [4.69, 9.17) is 16.3 Å². The third-order valence-electron chi connectivity index (χ3n) is 3.03. The highest BCUT2D eigenvalue weighted by Crippen LogP contribution is 2.17. The molecule has 0 aliphatic rings. The van der Waals surface area contributed by atoms with Crippen molar-refractivity contribution in [2.75, 3.05) is 6.61 Å². The monoisotopic (exact) mass is 321 g/mol. The number of carbonyl (C=O) groups excluding carboxylic acids is 1. The molecule has 0 unspecified atom stereocenters. The largest absolute Gasteiger partial charge is 0.494 e. The molecule has 0 heterocycles. The molecule has 5 heteroatoms. The van der Waals surface area contributed by atoms with Gasteiger partial charge in [0.25, 0.3) is 5.91 Å². The zero-order valence-electron chi connectivity index (χ0n) is 12.2. The van der Waals surface area contributed by atoms with Crippen LogP contribution in [0.1, 0.15) is 29.3 Å². The summed E-state index contributed by atoms with van der Waals surface area (Å²) in [6.45, 7) is 3.09. The summed E-state index contributed by atoms with van der Waals surface area (Å²) in [5.74, 6) is -0.000895. The van der Waals surface area contributed by atoms with Crippen molar-refractivity contribution in [3.05, 3.63) is 64.4 Å². The number of hydrogen-bond acceptors (Lipinski definition) is 2. The fourth-order valence-electron chi connectivity index (χ4n) is 1.87. The SMILES string of the molecule is CCCOc1ccc(CNC(=O)c2ccc(F)cc2Cl)cc1. The molecule has 22 heavy (non-hydrogen) atoms. The Labute approximate surface area is 134 Å². The molecule has 0 saturated carbocycles. The highest BCUT2D eigenvalue weighted by atomic mass is 35.5. The van der Waals surface area contributed by atoms with E-state index in [1.165, 1.54) is 12.1 Å². The van der Waals surface area contributed by atoms with Crippen LogP contribution in [-0.4, -0.2) is 12.5 Å². The molecule has 0 atom stereocenters. The molecule has 0 spiro atoms. The van der Waals surface area contributed by atoms with Gasteiger partial charge in [-0.1, -0.05) is 30.7 Å². The van der Waals surface area contributed by atoms with Crippen LogP contribution in [0.2, 0.25) is 5.02 Å². The van der Waals surface area contributed by atoms with Crippen LogP contribution in [0.3, 0.4) is 0 Å². The molecule has 3 nitrogen and oxygen atoms in total. The number of halogens is 2. The third-order valence-corrected chi connectivity index (χ3v) is 3.34. The molecule has 2 aromatic rings. The predicted molar refractivity (Wildman–Crippen MR) is 84.8 cm³/mol. The molecule has 0 fully saturated rings. The smallest absolute Gasteiger partial charge is 0.253 e. The minimum atomic E-state index is -0.468. The summed E-state index contributed by atoms with van der Waals surface area (Å²) in [5.41, 5.74) is 1.20. The van der Waals surface area contributed by atoms with Gasteiger partial charge < -0.3 is 10.1 Å². The van der Waals surface area contributed by atoms with Crippen LogP contribution in [0.15, 0.2) is 42.5 Å². The van der Waals surface area contributed by atoms with Gasteiger partial charge in [-0.2, -0.15) is 0 Å². The summed E-state index contributed by atoms with van der Waals surface area (Å²) in [7, 11) is 0. The van der Waals surface area contributed by atoms with Gasteiger partial charge >= 0.3 is 0 Å². The van der Waals surface area contributed by atoms with Crippen molar-refractivity contribution in [1.29, 1.82) is 0 Å². The zero-order chi connectivity index (χ0) is 15.9. The minimum absolute atomic E-state index is 0.0980. The number of hydrogen-bond donors (Lipinski definition) is 1. The van der Waals surface area contributed by atoms with E-state index in [9.17, 15) is 9.18 Å². The second-order valence-corrected chi connectivity index (χ2v) is 5.21. The van der Waals surface area contributed by atoms with Gasteiger partial charge in [0.05, 0.1) is 17.2 Å². The fraction of sp³-hybridized carbons (Fsp3) is 0.235. The topological polar surface area (TPSA) is 38.3 Å². The van der Waals surface area contributed by atoms with Crippen molar-refractivity contribution in [1.82, 2.24) is 5.32 Å². The molecule has 0 radical (unpaired) electrons. The normalized spacial score (nSPS) is 10.3. The predicted octanol–water partition coefficient (Wildman–Crippen LogP) is 4.20. The van der Waals surface area contributed by atoms with E-state index in [-0.39, 0.29) is 16.5 Å². The van der Waals surface area contributed by atoms with E-state index in [0.717, 1.165) is 23.8 Å². The van der Waals surface area contributed by atoms with Gasteiger partial charge in [0, 0.05) is 6.54 Å². The lowest BCUT2D eigenvalue weighted by atomic mass is 10.2. The molecule has 0 aliphatic heterocycles. The zero-order valence-corrected chi connectivity index (χ0v) is 13.0. The fourth-order valence-corrected chi connectivity index (χ4v) is 2.13. The van der Waals surface area contributed by atoms with Gasteiger partial charge in [0.2, 0.25) is 0 Å². The Morgan fingerprint density at radius 1 is 1.23 bits per heavy atom. The highest BCUT2D eigenvalue weighted by Gasteiger charge is 2.10. The number of amides is 1. The van der Waals surface area contributed by atoms with Crippen molar-refractivity contribution < 1.29 is 13.9 Å². The summed E-state index contributed by atoms with van der Waals surface area (Å²) < 4.78 is 18.5. The Morgan fingerprint density at radius 3 is 2.59 bits per heavy atom. The van der Waals surface area contributed by atoms with Crippen LogP contribution in [0.5, 0.6) is 5.75 Å². The number of rotatable bonds is 6. The second-order valence-electron chi connectivity index (χ2n) is 4.80. The van der Waals surface area contributed by atoms with Crippen molar-refractivity contribution >= 4 is 17.5 Å². The van der Waals surface area contributed by atoms with E-state index in [2.05, 4.69) is 5.32 Å². The Hall–Kier alpha value is -2.07. The van der Waals surface area contributed by atoms with Crippen molar-refractivity contribution in [3.8, 4) is 5.75 Å². The van der Waals surface area contributed by atoms with Crippen molar-refractivity contribution in [2.45, 2.75) is 19.9 Å². The molecule has 1 amide bonds. The molecule has 0 saturated heterocycles. The summed E-state index contributed by atoms with van der Waals surface area (Å²) in [6.07, 6.45) is 0.955. The molecule has 0 aromatic heterocycles. The third kappa shape index (κ3) is 4.46. The first-order valence-corrected chi connectivity index (χ1v) is 7.43. The summed E-state index contributed by atoms with van der Waals surface area (Å²) in [4.78, 5) is 12.0. The van der Waals surface area contributed by atoms with Crippen LogP contribution >= 0.6 is 11.6 Å². The maximum atomic E-state index is 13.0. The lowest BCUT2D eigenvalue weighted by Crippen LogP contribution is -2.23. The van der Waals surface area contributed by atoms with Gasteiger partial charge in [0.15, 0.2) is 0 Å². The van der Waals surface area contributed by atoms with E-state index in [0.29, 0.717) is 13.2 Å². The van der Waals surface area contributed by atoms with Crippen LogP contribution < -0.4 is 10.1 Å². The van der Waals surface area contributed by atoms with Gasteiger partial charge in [0.1, 0.15) is 11.6 Å². The average molecular weight is 322 g/mol. The van der Waals surface area contributed by atoms with Crippen molar-refractivity contribution in [3.63, 3.8) is 0 Å². The Kier molecular flexibility index (Phi) is 5.78. The number of nitrogens with one attached hydrogen (secondary N) is 1. The van der Waals surface area contributed by atoms with Gasteiger partial charge in [-0.15, -0.1) is 0 Å². The van der Waals surface area contributed by atoms with E-state index in [1.54, 1.807) is 0 Å². The molecule has 0 bridgehead atoms. The summed E-state index contributed by atoms with van der Waals surface area (Å²) in [5, 5.41) is 2.85. The second kappa shape index (κ2) is 7.80. The number of carbonyl (C=O) groups is 1. The van der Waals surface area contributed by atoms with Crippen LogP contribution in [-0.2, 0) is 6.54 Å². The van der Waals surface area contributed by atoms with Crippen LogP contribution in [0.4, 0.5) is 4.39 Å². The maximum Gasteiger partial charge on any atom is 0.253 e. The minimum Gasteiger partial charge on any atom is -0.494 e. The van der Waals surface area contributed by atoms with Gasteiger partial charge in [-0.05, 0) is 42.3 Å². The van der Waals surface area contributed by atoms with E-state index >= 15 is 0 Å². The molecule has 0 aliphatic carbocycles. The van der Waals surface area contributed by atoms with Crippen LogP contribution in [0.25, 0.3) is 0 Å². The molecular formula is C17H17ClFNO2. The Balaban J connectivity index is 1.93. The average Bonchev–Trinajstić information content (AvgIpc) is 2.51. The first-order valence-electron chi connectivity index (χ1n) is 7.05. The lowest BCUT2D eigenvalue weighted by Gasteiger charge is -2.08. The maximum absolute atomic E-state index is 13.0. The molecule has 2 rings (SSSR count). The molecule has 2 aromatic carbocycles. The van der Waals surface area contributed by atoms with Gasteiger partial charge in [-0.3, -0.25) is 4.79 Å². The molecule has 116 valence electrons. The first kappa shape index (κ1) is 16.3. The Bertz CT molecular complexity index is 644. The number of ether oxygens (including phenoxy) is 1.